The number of nitrogens with zero attached hydrogens (tertiary/aromatic N) is 1. The molecule has 2 heterocycles. The van der Waals surface area contributed by atoms with Gasteiger partial charge in [0.1, 0.15) is 5.82 Å². The first kappa shape index (κ1) is 13.3. The van der Waals surface area contributed by atoms with Crippen LogP contribution in [0, 0.1) is 5.92 Å². The smallest absolute Gasteiger partial charge is 0.106 e. The molecule has 1 aromatic carbocycles. The van der Waals surface area contributed by atoms with E-state index in [1.807, 2.05) is 6.07 Å². The van der Waals surface area contributed by atoms with Gasteiger partial charge >= 0.3 is 0 Å². The molecule has 1 aliphatic heterocycles. The third-order valence-corrected chi connectivity index (χ3v) is 5.04. The summed E-state index contributed by atoms with van der Waals surface area (Å²) in [6, 6.07) is 3.54. The zero-order valence-corrected chi connectivity index (χ0v) is 12.3. The van der Waals surface area contributed by atoms with Gasteiger partial charge in [-0.25, -0.2) is 4.98 Å². The molecule has 6 heteroatoms. The number of benzene rings is 1. The predicted molar refractivity (Wildman–Crippen MR) is 77.9 cm³/mol. The summed E-state index contributed by atoms with van der Waals surface area (Å²) in [5, 5.41) is 11.6. The van der Waals surface area contributed by atoms with Crippen molar-refractivity contribution in [3.05, 3.63) is 46.0 Å². The number of thioether (sulfide) groups is 1. The Morgan fingerprint density at radius 1 is 1.42 bits per heavy atom. The summed E-state index contributed by atoms with van der Waals surface area (Å²) in [6.45, 7) is 0. The highest BCUT2D eigenvalue weighted by Crippen LogP contribution is 2.45. The molecule has 1 aliphatic rings. The highest BCUT2D eigenvalue weighted by atomic mass is 35.5. The number of H-pyrrole nitrogens is 1. The molecule has 0 saturated carbocycles. The maximum absolute atomic E-state index is 10.5. The second-order valence-corrected chi connectivity index (χ2v) is 6.46. The average molecular weight is 315 g/mol. The molecular weight excluding hydrogens is 303 g/mol. The highest BCUT2D eigenvalue weighted by molar-refractivity contribution is 7.99. The van der Waals surface area contributed by atoms with E-state index in [9.17, 15) is 5.11 Å². The van der Waals surface area contributed by atoms with Crippen molar-refractivity contribution in [1.29, 1.82) is 0 Å². The van der Waals surface area contributed by atoms with Crippen molar-refractivity contribution in [2.75, 3.05) is 5.75 Å². The molecule has 100 valence electrons. The summed E-state index contributed by atoms with van der Waals surface area (Å²) in [7, 11) is 0. The van der Waals surface area contributed by atoms with E-state index < -0.39 is 6.10 Å². The normalized spacial score (nSPS) is 22.3. The monoisotopic (exact) mass is 314 g/mol. The summed E-state index contributed by atoms with van der Waals surface area (Å²) in [5.41, 5.74) is 0.791. The largest absolute Gasteiger partial charge is 0.388 e. The number of aromatic nitrogens is 2. The molecule has 2 aromatic rings. The number of aliphatic hydroxyl groups is 1. The minimum Gasteiger partial charge on any atom is -0.388 e. The summed E-state index contributed by atoms with van der Waals surface area (Å²) in [5.74, 6) is 1.81. The molecule has 0 amide bonds. The van der Waals surface area contributed by atoms with Gasteiger partial charge in [0.15, 0.2) is 0 Å². The molecule has 3 nitrogen and oxygen atoms in total. The predicted octanol–water partition coefficient (Wildman–Crippen LogP) is 3.71. The van der Waals surface area contributed by atoms with Gasteiger partial charge in [-0.3, -0.25) is 0 Å². The Bertz CT molecular complexity index is 589. The molecule has 0 bridgehead atoms. The van der Waals surface area contributed by atoms with E-state index in [0.717, 1.165) is 22.0 Å². The third-order valence-electron chi connectivity index (χ3n) is 3.26. The van der Waals surface area contributed by atoms with Crippen LogP contribution in [-0.2, 0) is 6.42 Å². The molecule has 3 rings (SSSR count). The van der Waals surface area contributed by atoms with E-state index in [4.69, 9.17) is 23.2 Å². The summed E-state index contributed by atoms with van der Waals surface area (Å²) in [6.07, 6.45) is 3.64. The third kappa shape index (κ3) is 2.63. The van der Waals surface area contributed by atoms with E-state index in [2.05, 4.69) is 9.97 Å². The number of imidazole rings is 1. The molecule has 0 unspecified atom stereocenters. The minimum absolute atomic E-state index is 0.0994. The molecule has 0 saturated heterocycles. The Kier molecular flexibility index (Phi) is 3.76. The van der Waals surface area contributed by atoms with Crippen molar-refractivity contribution >= 4 is 35.0 Å². The van der Waals surface area contributed by atoms with Crippen LogP contribution in [0.25, 0.3) is 0 Å². The topological polar surface area (TPSA) is 48.9 Å². The molecule has 2 N–H and O–H groups in total. The summed E-state index contributed by atoms with van der Waals surface area (Å²) >= 11 is 13.9. The Morgan fingerprint density at radius 3 is 3.00 bits per heavy atom. The van der Waals surface area contributed by atoms with Crippen molar-refractivity contribution in [3.8, 4) is 0 Å². The van der Waals surface area contributed by atoms with Gasteiger partial charge in [-0.15, -0.1) is 11.8 Å². The van der Waals surface area contributed by atoms with Crippen LogP contribution in [0.4, 0.5) is 0 Å². The Balaban J connectivity index is 1.89. The number of hydrogen-bond donors (Lipinski definition) is 2. The number of aromatic amines is 1. The second-order valence-electron chi connectivity index (χ2n) is 4.56. The maximum Gasteiger partial charge on any atom is 0.106 e. The molecular formula is C13H12Cl2N2OS. The fraction of sp³-hybridized carbons (Fsp3) is 0.308. The van der Waals surface area contributed by atoms with Crippen LogP contribution in [0.15, 0.2) is 29.4 Å². The minimum atomic E-state index is -0.578. The SMILES string of the molecule is O[C@H]1c2c(Cl)cc(Cl)cc2SC[C@@H]1Cc1ncc[nH]1. The zero-order valence-electron chi connectivity index (χ0n) is 9.94. The lowest BCUT2D eigenvalue weighted by Gasteiger charge is -2.30. The lowest BCUT2D eigenvalue weighted by Crippen LogP contribution is -2.23. The summed E-state index contributed by atoms with van der Waals surface area (Å²) < 4.78 is 0. The molecule has 0 radical (unpaired) electrons. The van der Waals surface area contributed by atoms with Crippen LogP contribution in [-0.4, -0.2) is 20.8 Å². The number of halogens is 2. The first-order valence-corrected chi connectivity index (χ1v) is 7.67. The number of hydrogen-bond acceptors (Lipinski definition) is 3. The molecule has 0 aliphatic carbocycles. The standard InChI is InChI=1S/C13H12Cl2N2OS/c14-8-4-9(15)12-10(5-8)19-6-7(13(12)18)3-11-16-1-2-17-11/h1-2,4-5,7,13,18H,3,6H2,(H,16,17)/t7-,13+/m0/s1. The van der Waals surface area contributed by atoms with Crippen molar-refractivity contribution in [3.63, 3.8) is 0 Å². The van der Waals surface area contributed by atoms with Crippen molar-refractivity contribution in [2.24, 2.45) is 5.92 Å². The van der Waals surface area contributed by atoms with Crippen LogP contribution < -0.4 is 0 Å². The van der Waals surface area contributed by atoms with Gasteiger partial charge in [0.2, 0.25) is 0 Å². The molecule has 0 spiro atoms. The lowest BCUT2D eigenvalue weighted by molar-refractivity contribution is 0.114. The Labute approximate surface area is 125 Å². The zero-order chi connectivity index (χ0) is 13.4. The molecule has 19 heavy (non-hydrogen) atoms. The highest BCUT2D eigenvalue weighted by Gasteiger charge is 2.31. The fourth-order valence-electron chi connectivity index (χ4n) is 2.32. The Hall–Kier alpha value is -0.680. The first-order valence-electron chi connectivity index (χ1n) is 5.93. The molecule has 1 aromatic heterocycles. The first-order chi connectivity index (χ1) is 9.15. The van der Waals surface area contributed by atoms with Gasteiger partial charge in [0.05, 0.1) is 6.10 Å². The van der Waals surface area contributed by atoms with Crippen LogP contribution in [0.3, 0.4) is 0 Å². The number of fused-ring (bicyclic) bond motifs is 1. The van der Waals surface area contributed by atoms with Gasteiger partial charge in [-0.1, -0.05) is 23.2 Å². The fourth-order valence-corrected chi connectivity index (χ4v) is 4.34. The van der Waals surface area contributed by atoms with E-state index >= 15 is 0 Å². The van der Waals surface area contributed by atoms with Gasteiger partial charge in [-0.05, 0) is 12.1 Å². The van der Waals surface area contributed by atoms with Gasteiger partial charge in [0.25, 0.3) is 0 Å². The quantitative estimate of drug-likeness (QED) is 0.888. The van der Waals surface area contributed by atoms with E-state index in [1.54, 1.807) is 30.2 Å². The van der Waals surface area contributed by atoms with Crippen LogP contribution in [0.2, 0.25) is 10.0 Å². The van der Waals surface area contributed by atoms with E-state index in [0.29, 0.717) is 16.5 Å². The second kappa shape index (κ2) is 5.37. The van der Waals surface area contributed by atoms with Gasteiger partial charge in [-0.2, -0.15) is 0 Å². The van der Waals surface area contributed by atoms with E-state index in [-0.39, 0.29) is 5.92 Å². The van der Waals surface area contributed by atoms with Crippen molar-refractivity contribution in [1.82, 2.24) is 9.97 Å². The van der Waals surface area contributed by atoms with Gasteiger partial charge in [0, 0.05) is 51.0 Å². The van der Waals surface area contributed by atoms with E-state index in [1.165, 1.54) is 0 Å². The van der Waals surface area contributed by atoms with Crippen molar-refractivity contribution < 1.29 is 5.11 Å². The van der Waals surface area contributed by atoms with Crippen LogP contribution >= 0.6 is 35.0 Å². The van der Waals surface area contributed by atoms with Crippen molar-refractivity contribution in [2.45, 2.75) is 17.4 Å². The van der Waals surface area contributed by atoms with Crippen LogP contribution in [0.5, 0.6) is 0 Å². The van der Waals surface area contributed by atoms with Gasteiger partial charge < -0.3 is 10.1 Å². The number of rotatable bonds is 2. The summed E-state index contributed by atoms with van der Waals surface area (Å²) in [4.78, 5) is 8.25. The maximum atomic E-state index is 10.5. The van der Waals surface area contributed by atoms with Crippen LogP contribution in [0.1, 0.15) is 17.5 Å². The molecule has 0 fully saturated rings. The Morgan fingerprint density at radius 2 is 2.26 bits per heavy atom. The number of aliphatic hydroxyl groups excluding tert-OH is 1. The molecule has 2 atom stereocenters. The average Bonchev–Trinajstić information content (AvgIpc) is 2.85. The lowest BCUT2D eigenvalue weighted by atomic mass is 9.93. The number of nitrogens with one attached hydrogen (secondary N) is 1.